The molecule has 0 amide bonds. The molecule has 1 aromatic carbocycles. The lowest BCUT2D eigenvalue weighted by Gasteiger charge is -2.32. The number of phenols is 1. The van der Waals surface area contributed by atoms with Crippen molar-refractivity contribution in [2.45, 2.75) is 44.4 Å². The molecule has 0 bridgehead atoms. The second-order valence-corrected chi connectivity index (χ2v) is 6.44. The summed E-state index contributed by atoms with van der Waals surface area (Å²) in [5.41, 5.74) is 0.472. The number of Topliss-reactive ketones (excluding diaryl/α,β-unsaturated/α-hetero) is 3. The van der Waals surface area contributed by atoms with Gasteiger partial charge in [0.1, 0.15) is 17.3 Å². The molecule has 1 atom stereocenters. The molecule has 3 rings (SSSR count). The van der Waals surface area contributed by atoms with Gasteiger partial charge in [0.15, 0.2) is 5.78 Å². The molecule has 0 radical (unpaired) electrons. The van der Waals surface area contributed by atoms with E-state index >= 15 is 0 Å². The Kier molecular flexibility index (Phi) is 4.51. The lowest BCUT2D eigenvalue weighted by atomic mass is 9.69. The zero-order chi connectivity index (χ0) is 17.3. The number of hydrogen-bond acceptors (Lipinski definition) is 5. The summed E-state index contributed by atoms with van der Waals surface area (Å²) < 4.78 is 0. The number of rotatable bonds is 3. The lowest BCUT2D eigenvalue weighted by molar-refractivity contribution is -0.136. The largest absolute Gasteiger partial charge is 0.512 e. The summed E-state index contributed by atoms with van der Waals surface area (Å²) in [7, 11) is 0. The second kappa shape index (κ2) is 6.59. The van der Waals surface area contributed by atoms with Crippen LogP contribution in [-0.4, -0.2) is 27.6 Å². The molecule has 0 saturated heterocycles. The number of carbonyl (C=O) groups is 3. The fraction of sp³-hybridized carbons (Fsp3) is 0.421. The summed E-state index contributed by atoms with van der Waals surface area (Å²) in [5, 5.41) is 20.6. The zero-order valence-electron chi connectivity index (χ0n) is 13.3. The van der Waals surface area contributed by atoms with Crippen molar-refractivity contribution < 1.29 is 24.6 Å². The number of hydrogen-bond donors (Lipinski definition) is 2. The van der Waals surface area contributed by atoms with Crippen LogP contribution in [0.2, 0.25) is 0 Å². The first-order valence-corrected chi connectivity index (χ1v) is 8.29. The number of benzene rings is 1. The Bertz CT molecular complexity index is 715. The van der Waals surface area contributed by atoms with Crippen LogP contribution in [0.3, 0.4) is 0 Å². The van der Waals surface area contributed by atoms with E-state index in [1.165, 1.54) is 6.07 Å². The Morgan fingerprint density at radius 3 is 2.12 bits per heavy atom. The summed E-state index contributed by atoms with van der Waals surface area (Å²) in [6.07, 6.45) is 2.25. The van der Waals surface area contributed by atoms with Gasteiger partial charge < -0.3 is 10.2 Å². The number of ketones is 3. The molecule has 2 aliphatic carbocycles. The predicted molar refractivity (Wildman–Crippen MR) is 86.7 cm³/mol. The quantitative estimate of drug-likeness (QED) is 0.832. The molecule has 24 heavy (non-hydrogen) atoms. The van der Waals surface area contributed by atoms with Crippen molar-refractivity contribution in [1.82, 2.24) is 0 Å². The van der Waals surface area contributed by atoms with Gasteiger partial charge in [0.25, 0.3) is 0 Å². The highest BCUT2D eigenvalue weighted by molar-refractivity contribution is 6.08. The van der Waals surface area contributed by atoms with Crippen molar-refractivity contribution in [3.63, 3.8) is 0 Å². The minimum absolute atomic E-state index is 0.0642. The van der Waals surface area contributed by atoms with E-state index in [0.717, 1.165) is 0 Å². The number of allylic oxidation sites excluding steroid dienone is 2. The summed E-state index contributed by atoms with van der Waals surface area (Å²) in [6.45, 7) is 0. The summed E-state index contributed by atoms with van der Waals surface area (Å²) in [6, 6.07) is 6.39. The maximum Gasteiger partial charge on any atom is 0.162 e. The van der Waals surface area contributed by atoms with Gasteiger partial charge in [-0.1, -0.05) is 18.2 Å². The van der Waals surface area contributed by atoms with Gasteiger partial charge in [-0.25, -0.2) is 0 Å². The maximum absolute atomic E-state index is 12.5. The predicted octanol–water partition coefficient (Wildman–Crippen LogP) is 2.98. The van der Waals surface area contributed by atoms with Gasteiger partial charge in [0, 0.05) is 42.7 Å². The van der Waals surface area contributed by atoms with E-state index in [4.69, 9.17) is 0 Å². The van der Waals surface area contributed by atoms with Crippen LogP contribution in [0.1, 0.15) is 50.0 Å². The molecule has 0 heterocycles. The molecule has 0 aromatic heterocycles. The number of para-hydroxylation sites is 1. The highest BCUT2D eigenvalue weighted by atomic mass is 16.3. The monoisotopic (exact) mass is 328 g/mol. The minimum atomic E-state index is -1.01. The highest BCUT2D eigenvalue weighted by Crippen LogP contribution is 2.43. The molecule has 2 aliphatic rings. The molecular formula is C19H20O5. The smallest absolute Gasteiger partial charge is 0.162 e. The van der Waals surface area contributed by atoms with E-state index < -0.39 is 11.8 Å². The van der Waals surface area contributed by atoms with Crippen molar-refractivity contribution in [3.8, 4) is 5.75 Å². The van der Waals surface area contributed by atoms with Crippen LogP contribution in [0.15, 0.2) is 35.6 Å². The van der Waals surface area contributed by atoms with Crippen molar-refractivity contribution in [2.75, 3.05) is 0 Å². The number of aliphatic hydroxyl groups is 1. The van der Waals surface area contributed by atoms with Crippen molar-refractivity contribution in [3.05, 3.63) is 41.2 Å². The molecule has 0 spiro atoms. The molecule has 1 fully saturated rings. The van der Waals surface area contributed by atoms with E-state index in [0.29, 0.717) is 24.8 Å². The lowest BCUT2D eigenvalue weighted by Crippen LogP contribution is -2.37. The standard InChI is InChI=1S/C19H20O5/c20-12-6-2-1-5-11(12)17(18-13(21)7-3-8-14(18)22)19-15(23)9-4-10-16(19)24/h1-2,5-6,17-18,20,23H,3-4,7-10H2. The Morgan fingerprint density at radius 1 is 0.875 bits per heavy atom. The Morgan fingerprint density at radius 2 is 1.50 bits per heavy atom. The van der Waals surface area contributed by atoms with Crippen LogP contribution in [-0.2, 0) is 14.4 Å². The van der Waals surface area contributed by atoms with Crippen LogP contribution >= 0.6 is 0 Å². The average Bonchev–Trinajstić information content (AvgIpc) is 2.53. The zero-order valence-corrected chi connectivity index (χ0v) is 13.3. The van der Waals surface area contributed by atoms with Crippen LogP contribution in [0.4, 0.5) is 0 Å². The first-order valence-electron chi connectivity index (χ1n) is 8.29. The summed E-state index contributed by atoms with van der Waals surface area (Å²) in [5.74, 6) is -2.75. The molecule has 1 unspecified atom stereocenters. The average molecular weight is 328 g/mol. The van der Waals surface area contributed by atoms with Gasteiger partial charge >= 0.3 is 0 Å². The Balaban J connectivity index is 2.18. The summed E-state index contributed by atoms with van der Waals surface area (Å²) >= 11 is 0. The SMILES string of the molecule is O=C1CCCC(O)=C1C(c1ccccc1O)C1C(=O)CCCC1=O. The van der Waals surface area contributed by atoms with Crippen LogP contribution < -0.4 is 0 Å². The van der Waals surface area contributed by atoms with Crippen molar-refractivity contribution in [1.29, 1.82) is 0 Å². The molecule has 126 valence electrons. The number of aromatic hydroxyl groups is 1. The first kappa shape index (κ1) is 16.4. The third-order valence-corrected chi connectivity index (χ3v) is 4.88. The van der Waals surface area contributed by atoms with E-state index in [1.807, 2.05) is 0 Å². The van der Waals surface area contributed by atoms with Gasteiger partial charge in [-0.05, 0) is 18.9 Å². The molecule has 1 saturated carbocycles. The van der Waals surface area contributed by atoms with E-state index in [2.05, 4.69) is 0 Å². The maximum atomic E-state index is 12.5. The third-order valence-electron chi connectivity index (χ3n) is 4.88. The van der Waals surface area contributed by atoms with Crippen molar-refractivity contribution in [2.24, 2.45) is 5.92 Å². The van der Waals surface area contributed by atoms with Crippen LogP contribution in [0, 0.1) is 5.92 Å². The van der Waals surface area contributed by atoms with Gasteiger partial charge in [-0.2, -0.15) is 0 Å². The van der Waals surface area contributed by atoms with Gasteiger partial charge in [-0.15, -0.1) is 0 Å². The van der Waals surface area contributed by atoms with E-state index in [-0.39, 0.29) is 53.7 Å². The number of aliphatic hydroxyl groups excluding tert-OH is 1. The van der Waals surface area contributed by atoms with Gasteiger partial charge in [0.2, 0.25) is 0 Å². The van der Waals surface area contributed by atoms with E-state index in [9.17, 15) is 24.6 Å². The summed E-state index contributed by atoms with van der Waals surface area (Å²) in [4.78, 5) is 37.4. The number of phenolic OH excluding ortho intramolecular Hbond substituents is 1. The number of carbonyl (C=O) groups excluding carboxylic acids is 3. The highest BCUT2D eigenvalue weighted by Gasteiger charge is 2.43. The van der Waals surface area contributed by atoms with Crippen LogP contribution in [0.5, 0.6) is 5.75 Å². The van der Waals surface area contributed by atoms with Gasteiger partial charge in [0.05, 0.1) is 11.7 Å². The molecule has 5 heteroatoms. The minimum Gasteiger partial charge on any atom is -0.512 e. The molecular weight excluding hydrogens is 308 g/mol. The Labute approximate surface area is 140 Å². The first-order chi connectivity index (χ1) is 11.5. The topological polar surface area (TPSA) is 91.7 Å². The third kappa shape index (κ3) is 2.86. The van der Waals surface area contributed by atoms with Crippen molar-refractivity contribution >= 4 is 17.3 Å². The van der Waals surface area contributed by atoms with Crippen LogP contribution in [0.25, 0.3) is 0 Å². The normalized spacial score (nSPS) is 21.2. The second-order valence-electron chi connectivity index (χ2n) is 6.44. The molecule has 0 aliphatic heterocycles. The fourth-order valence-corrected chi connectivity index (χ4v) is 3.75. The molecule has 2 N–H and O–H groups in total. The molecule has 5 nitrogen and oxygen atoms in total. The molecule has 1 aromatic rings. The fourth-order valence-electron chi connectivity index (χ4n) is 3.75. The van der Waals surface area contributed by atoms with E-state index in [1.54, 1.807) is 18.2 Å². The Hall–Kier alpha value is -2.43. The van der Waals surface area contributed by atoms with Gasteiger partial charge in [-0.3, -0.25) is 14.4 Å².